The lowest BCUT2D eigenvalue weighted by Crippen LogP contribution is -2.14. The first-order valence-corrected chi connectivity index (χ1v) is 7.36. The SMILES string of the molecule is O=C(COc1cc(Br)cnc1F)c1ccc(C2CC2)cn1. The van der Waals surface area contributed by atoms with Gasteiger partial charge in [0.15, 0.2) is 12.4 Å². The zero-order chi connectivity index (χ0) is 14.8. The van der Waals surface area contributed by atoms with E-state index >= 15 is 0 Å². The van der Waals surface area contributed by atoms with Gasteiger partial charge in [0.05, 0.1) is 0 Å². The van der Waals surface area contributed by atoms with Crippen LogP contribution < -0.4 is 4.74 Å². The summed E-state index contributed by atoms with van der Waals surface area (Å²) in [6, 6.07) is 5.03. The van der Waals surface area contributed by atoms with E-state index in [-0.39, 0.29) is 18.1 Å². The van der Waals surface area contributed by atoms with Gasteiger partial charge in [-0.25, -0.2) is 4.98 Å². The molecule has 1 aliphatic carbocycles. The summed E-state index contributed by atoms with van der Waals surface area (Å²) in [5.74, 6) is -0.508. The van der Waals surface area contributed by atoms with Crippen LogP contribution in [0.25, 0.3) is 0 Å². The highest BCUT2D eigenvalue weighted by Gasteiger charge is 2.24. The highest BCUT2D eigenvalue weighted by atomic mass is 79.9. The molecular weight excluding hydrogens is 339 g/mol. The van der Waals surface area contributed by atoms with Crippen LogP contribution in [0.2, 0.25) is 0 Å². The molecule has 0 unspecified atom stereocenters. The van der Waals surface area contributed by atoms with Crippen molar-refractivity contribution in [3.8, 4) is 5.75 Å². The highest BCUT2D eigenvalue weighted by Crippen LogP contribution is 2.39. The molecule has 0 aliphatic heterocycles. The van der Waals surface area contributed by atoms with Gasteiger partial charge in [-0.1, -0.05) is 6.07 Å². The van der Waals surface area contributed by atoms with Crippen LogP contribution in [0.15, 0.2) is 35.1 Å². The topological polar surface area (TPSA) is 52.1 Å². The molecule has 0 saturated heterocycles. The summed E-state index contributed by atoms with van der Waals surface area (Å²) in [5, 5.41) is 0. The molecule has 108 valence electrons. The van der Waals surface area contributed by atoms with Gasteiger partial charge in [0.2, 0.25) is 5.78 Å². The lowest BCUT2D eigenvalue weighted by Gasteiger charge is -2.06. The number of halogens is 2. The van der Waals surface area contributed by atoms with Gasteiger partial charge in [-0.3, -0.25) is 9.78 Å². The summed E-state index contributed by atoms with van der Waals surface area (Å²) in [5.41, 5.74) is 1.48. The number of Topliss-reactive ketones (excluding diaryl/α,β-unsaturated/α-hetero) is 1. The predicted molar refractivity (Wildman–Crippen MR) is 77.9 cm³/mol. The van der Waals surface area contributed by atoms with Gasteiger partial charge in [0.1, 0.15) is 5.69 Å². The fourth-order valence-electron chi connectivity index (χ4n) is 1.95. The smallest absolute Gasteiger partial charge is 0.255 e. The third-order valence-corrected chi connectivity index (χ3v) is 3.69. The Kier molecular flexibility index (Phi) is 3.96. The number of ether oxygens (including phenoxy) is 1. The first kappa shape index (κ1) is 14.1. The summed E-state index contributed by atoms with van der Waals surface area (Å²) in [6.07, 6.45) is 5.43. The van der Waals surface area contributed by atoms with Crippen molar-refractivity contribution < 1.29 is 13.9 Å². The normalized spacial score (nSPS) is 14.0. The Bertz CT molecular complexity index is 672. The minimum atomic E-state index is -0.747. The molecule has 6 heteroatoms. The molecule has 21 heavy (non-hydrogen) atoms. The van der Waals surface area contributed by atoms with E-state index in [4.69, 9.17) is 4.74 Å². The van der Waals surface area contributed by atoms with Crippen molar-refractivity contribution in [2.45, 2.75) is 18.8 Å². The van der Waals surface area contributed by atoms with Crippen LogP contribution >= 0.6 is 15.9 Å². The number of carbonyl (C=O) groups excluding carboxylic acids is 1. The van der Waals surface area contributed by atoms with Crippen molar-refractivity contribution in [2.24, 2.45) is 0 Å². The van der Waals surface area contributed by atoms with E-state index in [1.807, 2.05) is 6.07 Å². The fourth-order valence-corrected chi connectivity index (χ4v) is 2.26. The molecule has 2 heterocycles. The van der Waals surface area contributed by atoms with Crippen molar-refractivity contribution in [3.63, 3.8) is 0 Å². The van der Waals surface area contributed by atoms with E-state index in [1.165, 1.54) is 25.1 Å². The molecule has 0 amide bonds. The first-order chi connectivity index (χ1) is 10.1. The van der Waals surface area contributed by atoms with E-state index in [0.29, 0.717) is 16.1 Å². The molecule has 4 nitrogen and oxygen atoms in total. The second kappa shape index (κ2) is 5.89. The largest absolute Gasteiger partial charge is 0.481 e. The molecule has 2 aromatic heterocycles. The number of hydrogen-bond donors (Lipinski definition) is 0. The summed E-state index contributed by atoms with van der Waals surface area (Å²) in [4.78, 5) is 19.6. The van der Waals surface area contributed by atoms with Gasteiger partial charge in [-0.15, -0.1) is 0 Å². The molecule has 0 N–H and O–H groups in total. The maximum absolute atomic E-state index is 13.4. The number of ketones is 1. The van der Waals surface area contributed by atoms with E-state index in [9.17, 15) is 9.18 Å². The van der Waals surface area contributed by atoms with E-state index in [1.54, 1.807) is 12.3 Å². The van der Waals surface area contributed by atoms with Crippen LogP contribution in [0, 0.1) is 5.95 Å². The van der Waals surface area contributed by atoms with Crippen molar-refractivity contribution in [1.82, 2.24) is 9.97 Å². The molecule has 0 radical (unpaired) electrons. The second-order valence-electron chi connectivity index (χ2n) is 4.91. The van der Waals surface area contributed by atoms with Gasteiger partial charge in [0, 0.05) is 22.9 Å². The molecule has 0 aromatic carbocycles. The first-order valence-electron chi connectivity index (χ1n) is 6.56. The number of nitrogens with zero attached hydrogens (tertiary/aromatic N) is 2. The zero-order valence-electron chi connectivity index (χ0n) is 11.1. The van der Waals surface area contributed by atoms with Crippen LogP contribution in [0.3, 0.4) is 0 Å². The third-order valence-electron chi connectivity index (χ3n) is 3.25. The van der Waals surface area contributed by atoms with E-state index in [2.05, 4.69) is 25.9 Å². The quantitative estimate of drug-likeness (QED) is 0.611. The van der Waals surface area contributed by atoms with Gasteiger partial charge in [-0.05, 0) is 46.3 Å². The summed E-state index contributed by atoms with van der Waals surface area (Å²) in [7, 11) is 0. The fraction of sp³-hybridized carbons (Fsp3) is 0.267. The molecule has 1 saturated carbocycles. The summed E-state index contributed by atoms with van der Waals surface area (Å²) >= 11 is 3.17. The maximum atomic E-state index is 13.4. The minimum Gasteiger partial charge on any atom is -0.481 e. The van der Waals surface area contributed by atoms with Gasteiger partial charge in [0.25, 0.3) is 5.95 Å². The molecule has 0 spiro atoms. The van der Waals surface area contributed by atoms with Gasteiger partial charge < -0.3 is 4.74 Å². The Morgan fingerprint density at radius 3 is 2.81 bits per heavy atom. The van der Waals surface area contributed by atoms with Crippen LogP contribution in [0.1, 0.15) is 34.8 Å². The average molecular weight is 351 g/mol. The molecule has 1 fully saturated rings. The Balaban J connectivity index is 1.64. The maximum Gasteiger partial charge on any atom is 0.255 e. The van der Waals surface area contributed by atoms with Crippen molar-refractivity contribution >= 4 is 21.7 Å². The molecule has 0 bridgehead atoms. The summed E-state index contributed by atoms with van der Waals surface area (Å²) < 4.78 is 19.1. The lowest BCUT2D eigenvalue weighted by atomic mass is 10.1. The van der Waals surface area contributed by atoms with Crippen molar-refractivity contribution in [2.75, 3.05) is 6.61 Å². The lowest BCUT2D eigenvalue weighted by molar-refractivity contribution is 0.0913. The number of carbonyl (C=O) groups is 1. The van der Waals surface area contributed by atoms with Crippen molar-refractivity contribution in [1.29, 1.82) is 0 Å². The number of rotatable bonds is 5. The summed E-state index contributed by atoms with van der Waals surface area (Å²) in [6.45, 7) is -0.273. The van der Waals surface area contributed by atoms with Crippen molar-refractivity contribution in [3.05, 3.63) is 52.3 Å². The Labute approximate surface area is 129 Å². The van der Waals surface area contributed by atoms with E-state index < -0.39 is 5.95 Å². The Morgan fingerprint density at radius 2 is 2.14 bits per heavy atom. The Morgan fingerprint density at radius 1 is 1.33 bits per heavy atom. The zero-order valence-corrected chi connectivity index (χ0v) is 12.6. The monoisotopic (exact) mass is 350 g/mol. The standard InChI is InChI=1S/C15H12BrFN2O2/c16-11-5-14(15(17)19-7-11)21-8-13(20)12-4-3-10(6-18-12)9-1-2-9/h3-7,9H,1-2,8H2. The Hall–Kier alpha value is -1.82. The van der Waals surface area contributed by atoms with Crippen LogP contribution in [0.5, 0.6) is 5.75 Å². The average Bonchev–Trinajstić information content (AvgIpc) is 3.33. The van der Waals surface area contributed by atoms with Gasteiger partial charge in [-0.2, -0.15) is 4.39 Å². The van der Waals surface area contributed by atoms with E-state index in [0.717, 1.165) is 5.56 Å². The predicted octanol–water partition coefficient (Wildman–Crippen LogP) is 3.52. The second-order valence-corrected chi connectivity index (χ2v) is 5.82. The minimum absolute atomic E-state index is 0.0627. The number of pyridine rings is 2. The number of aromatic nitrogens is 2. The van der Waals surface area contributed by atoms with Crippen LogP contribution in [-0.4, -0.2) is 22.4 Å². The molecule has 0 atom stereocenters. The molecule has 3 rings (SSSR count). The number of hydrogen-bond acceptors (Lipinski definition) is 4. The highest BCUT2D eigenvalue weighted by molar-refractivity contribution is 9.10. The third kappa shape index (κ3) is 3.44. The van der Waals surface area contributed by atoms with Gasteiger partial charge >= 0.3 is 0 Å². The molecular formula is C15H12BrFN2O2. The molecule has 2 aromatic rings. The molecule has 1 aliphatic rings. The van der Waals surface area contributed by atoms with Crippen LogP contribution in [0.4, 0.5) is 4.39 Å². The van der Waals surface area contributed by atoms with Crippen LogP contribution in [-0.2, 0) is 0 Å².